The van der Waals surface area contributed by atoms with Gasteiger partial charge in [0, 0.05) is 45.5 Å². The van der Waals surface area contributed by atoms with Crippen LogP contribution in [-0.4, -0.2) is 0 Å². The standard InChI is InChI=1S/C51H52N2O/c1-37-8-18-43(19-9-37)52(44-20-10-38(2)11-21-44)46-24-14-41(15-25-46)51(34-28-40(29-35-51)49-7-6-36-54-49)42-16-26-47(27-17-42)53(45-22-12-39(3)13-23-45)48-30-32-50(4,5)33-31-48/h6-27,30-32,36,40H,28-29,33-35H2,1-5H3. The second-order valence-electron chi connectivity index (χ2n) is 16.3. The zero-order valence-corrected chi connectivity index (χ0v) is 32.4. The molecule has 0 amide bonds. The van der Waals surface area contributed by atoms with Crippen molar-refractivity contribution in [2.75, 3.05) is 9.80 Å². The lowest BCUT2D eigenvalue weighted by atomic mass is 9.63. The van der Waals surface area contributed by atoms with Crippen molar-refractivity contribution >= 4 is 28.4 Å². The normalized spacial score (nSPS) is 19.3. The Morgan fingerprint density at radius 3 is 1.35 bits per heavy atom. The van der Waals surface area contributed by atoms with Gasteiger partial charge in [0.2, 0.25) is 0 Å². The minimum atomic E-state index is -0.110. The molecule has 8 rings (SSSR count). The molecule has 272 valence electrons. The van der Waals surface area contributed by atoms with Gasteiger partial charge in [0.15, 0.2) is 0 Å². The molecular weight excluding hydrogens is 657 g/mol. The van der Waals surface area contributed by atoms with E-state index < -0.39 is 0 Å². The molecule has 0 atom stereocenters. The second-order valence-corrected chi connectivity index (χ2v) is 16.3. The number of anilines is 5. The van der Waals surface area contributed by atoms with Gasteiger partial charge >= 0.3 is 0 Å². The third kappa shape index (κ3) is 7.20. The van der Waals surface area contributed by atoms with Crippen LogP contribution in [0.2, 0.25) is 0 Å². The molecule has 0 aliphatic heterocycles. The van der Waals surface area contributed by atoms with Gasteiger partial charge in [-0.25, -0.2) is 0 Å². The zero-order chi connectivity index (χ0) is 37.3. The lowest BCUT2D eigenvalue weighted by molar-refractivity contribution is 0.289. The maximum absolute atomic E-state index is 5.93. The van der Waals surface area contributed by atoms with Gasteiger partial charge in [-0.2, -0.15) is 0 Å². The predicted octanol–water partition coefficient (Wildman–Crippen LogP) is 14.3. The lowest BCUT2D eigenvalue weighted by Crippen LogP contribution is -2.32. The highest BCUT2D eigenvalue weighted by molar-refractivity contribution is 5.77. The summed E-state index contributed by atoms with van der Waals surface area (Å²) in [5, 5.41) is 0. The predicted molar refractivity (Wildman–Crippen MR) is 227 cm³/mol. The second kappa shape index (κ2) is 14.7. The molecular formula is C51H52N2O. The molecule has 3 nitrogen and oxygen atoms in total. The summed E-state index contributed by atoms with van der Waals surface area (Å²) >= 11 is 0. The van der Waals surface area contributed by atoms with Crippen molar-refractivity contribution in [2.45, 2.75) is 78.1 Å². The highest BCUT2D eigenvalue weighted by Crippen LogP contribution is 2.50. The molecule has 2 aliphatic rings. The Hall–Kier alpha value is -5.54. The summed E-state index contributed by atoms with van der Waals surface area (Å²) in [6.07, 6.45) is 14.2. The van der Waals surface area contributed by atoms with Crippen molar-refractivity contribution in [3.05, 3.63) is 197 Å². The zero-order valence-electron chi connectivity index (χ0n) is 32.4. The Morgan fingerprint density at radius 2 is 0.963 bits per heavy atom. The van der Waals surface area contributed by atoms with E-state index in [2.05, 4.69) is 190 Å². The highest BCUT2D eigenvalue weighted by Gasteiger charge is 2.39. The van der Waals surface area contributed by atoms with Crippen LogP contribution in [-0.2, 0) is 5.41 Å². The maximum Gasteiger partial charge on any atom is 0.106 e. The SMILES string of the molecule is Cc1ccc(N(C2=CCC(C)(C)C=C2)c2ccc(C3(c4ccc(N(c5ccc(C)cc5)c5ccc(C)cc5)cc4)CCC(c4ccco4)CC3)cc2)cc1. The quantitative estimate of drug-likeness (QED) is 0.149. The number of hydrogen-bond donors (Lipinski definition) is 0. The van der Waals surface area contributed by atoms with Gasteiger partial charge in [-0.05, 0) is 148 Å². The van der Waals surface area contributed by atoms with Crippen LogP contribution < -0.4 is 9.80 Å². The van der Waals surface area contributed by atoms with E-state index >= 15 is 0 Å². The molecule has 1 fully saturated rings. The van der Waals surface area contributed by atoms with Crippen LogP contribution >= 0.6 is 0 Å². The van der Waals surface area contributed by atoms with Gasteiger partial charge < -0.3 is 14.2 Å². The van der Waals surface area contributed by atoms with E-state index in [0.717, 1.165) is 54.9 Å². The molecule has 0 unspecified atom stereocenters. The monoisotopic (exact) mass is 708 g/mol. The highest BCUT2D eigenvalue weighted by atomic mass is 16.3. The van der Waals surface area contributed by atoms with Crippen LogP contribution in [0.4, 0.5) is 28.4 Å². The molecule has 5 aromatic carbocycles. The summed E-state index contributed by atoms with van der Waals surface area (Å²) in [6.45, 7) is 11.0. The first kappa shape index (κ1) is 35.5. The van der Waals surface area contributed by atoms with E-state index in [1.165, 1.54) is 44.9 Å². The fraction of sp³-hybridized carbons (Fsp3) is 0.255. The van der Waals surface area contributed by atoms with E-state index in [0.29, 0.717) is 5.92 Å². The topological polar surface area (TPSA) is 19.6 Å². The minimum Gasteiger partial charge on any atom is -0.469 e. The Morgan fingerprint density at radius 1 is 0.537 bits per heavy atom. The van der Waals surface area contributed by atoms with Crippen molar-refractivity contribution in [1.82, 2.24) is 0 Å². The summed E-state index contributed by atoms with van der Waals surface area (Å²) < 4.78 is 5.93. The number of aryl methyl sites for hydroxylation is 3. The summed E-state index contributed by atoms with van der Waals surface area (Å²) in [7, 11) is 0. The number of benzene rings is 5. The van der Waals surface area contributed by atoms with Gasteiger partial charge in [-0.15, -0.1) is 0 Å². The van der Waals surface area contributed by atoms with E-state index in [4.69, 9.17) is 4.42 Å². The van der Waals surface area contributed by atoms with Crippen molar-refractivity contribution in [2.24, 2.45) is 5.41 Å². The van der Waals surface area contributed by atoms with Gasteiger partial charge in [0.1, 0.15) is 5.76 Å². The molecule has 0 saturated heterocycles. The molecule has 0 bridgehead atoms. The average molecular weight is 709 g/mol. The largest absolute Gasteiger partial charge is 0.469 e. The molecule has 0 radical (unpaired) electrons. The summed E-state index contributed by atoms with van der Waals surface area (Å²) in [5.74, 6) is 1.56. The van der Waals surface area contributed by atoms with Crippen LogP contribution in [0.25, 0.3) is 0 Å². The fourth-order valence-electron chi connectivity index (χ4n) is 8.48. The van der Waals surface area contributed by atoms with Gasteiger partial charge in [-0.1, -0.05) is 103 Å². The number of furan rings is 1. The van der Waals surface area contributed by atoms with Crippen LogP contribution in [0.3, 0.4) is 0 Å². The first-order valence-electron chi connectivity index (χ1n) is 19.6. The number of hydrogen-bond acceptors (Lipinski definition) is 3. The van der Waals surface area contributed by atoms with Crippen molar-refractivity contribution in [3.8, 4) is 0 Å². The Bertz CT molecular complexity index is 2170. The maximum atomic E-state index is 5.93. The van der Waals surface area contributed by atoms with Gasteiger partial charge in [0.05, 0.1) is 6.26 Å². The third-order valence-corrected chi connectivity index (χ3v) is 11.8. The molecule has 0 N–H and O–H groups in total. The van der Waals surface area contributed by atoms with E-state index in [1.54, 1.807) is 0 Å². The van der Waals surface area contributed by atoms with Crippen molar-refractivity contribution < 1.29 is 4.42 Å². The first-order chi connectivity index (χ1) is 26.2. The number of nitrogens with zero attached hydrogens (tertiary/aromatic N) is 2. The van der Waals surface area contributed by atoms with E-state index in [1.807, 2.05) is 12.3 Å². The number of allylic oxidation sites excluding steroid dienone is 3. The summed E-state index contributed by atoms with van der Waals surface area (Å²) in [4.78, 5) is 4.78. The van der Waals surface area contributed by atoms with Crippen LogP contribution in [0.1, 0.15) is 85.4 Å². The average Bonchev–Trinajstić information content (AvgIpc) is 3.74. The summed E-state index contributed by atoms with van der Waals surface area (Å²) in [6, 6.07) is 49.7. The lowest BCUT2D eigenvalue weighted by Gasteiger charge is -2.41. The Labute approximate surface area is 322 Å². The van der Waals surface area contributed by atoms with E-state index in [-0.39, 0.29) is 10.8 Å². The van der Waals surface area contributed by atoms with Crippen LogP contribution in [0, 0.1) is 26.2 Å². The molecule has 1 aromatic heterocycles. The minimum absolute atomic E-state index is 0.110. The molecule has 1 saturated carbocycles. The van der Waals surface area contributed by atoms with Crippen LogP contribution in [0.15, 0.2) is 168 Å². The molecule has 1 heterocycles. The molecule has 6 aromatic rings. The Balaban J connectivity index is 1.17. The molecule has 0 spiro atoms. The smallest absolute Gasteiger partial charge is 0.106 e. The third-order valence-electron chi connectivity index (χ3n) is 11.8. The number of rotatable bonds is 9. The molecule has 54 heavy (non-hydrogen) atoms. The molecule has 2 aliphatic carbocycles. The first-order valence-corrected chi connectivity index (χ1v) is 19.6. The van der Waals surface area contributed by atoms with Crippen molar-refractivity contribution in [3.63, 3.8) is 0 Å². The Kier molecular flexibility index (Phi) is 9.67. The van der Waals surface area contributed by atoms with Crippen LogP contribution in [0.5, 0.6) is 0 Å². The summed E-state index contributed by atoms with van der Waals surface area (Å²) in [5.41, 5.74) is 13.7. The van der Waals surface area contributed by atoms with Gasteiger partial charge in [0.25, 0.3) is 0 Å². The molecule has 3 heteroatoms. The van der Waals surface area contributed by atoms with Crippen molar-refractivity contribution in [1.29, 1.82) is 0 Å². The van der Waals surface area contributed by atoms with E-state index in [9.17, 15) is 0 Å². The fourth-order valence-corrected chi connectivity index (χ4v) is 8.48. The van der Waals surface area contributed by atoms with Gasteiger partial charge in [-0.3, -0.25) is 0 Å².